The third-order valence-electron chi connectivity index (χ3n) is 4.60. The predicted octanol–water partition coefficient (Wildman–Crippen LogP) is 4.90. The molecule has 0 bridgehead atoms. The van der Waals surface area contributed by atoms with Crippen molar-refractivity contribution in [2.45, 2.75) is 32.5 Å². The Balaban J connectivity index is 1.56. The van der Waals surface area contributed by atoms with E-state index >= 15 is 0 Å². The predicted molar refractivity (Wildman–Crippen MR) is 106 cm³/mol. The highest BCUT2D eigenvalue weighted by Gasteiger charge is 2.30. The van der Waals surface area contributed by atoms with Crippen LogP contribution in [-0.2, 0) is 11.3 Å². The molecule has 0 unspecified atom stereocenters. The Hall–Kier alpha value is -1.84. The maximum Gasteiger partial charge on any atom is 0.422 e. The number of nitrogens with one attached hydrogen (secondary N) is 1. The topological polar surface area (TPSA) is 54.5 Å². The molecular weight excluding hydrogens is 427 g/mol. The minimum atomic E-state index is -4.47. The zero-order chi connectivity index (χ0) is 21.0. The van der Waals surface area contributed by atoms with E-state index in [9.17, 15) is 18.0 Å². The molecule has 1 aliphatic rings. The number of thiazole rings is 1. The first-order chi connectivity index (χ1) is 13.7. The number of nitrogens with zero attached hydrogens (tertiary/aromatic N) is 2. The Labute approximate surface area is 175 Å². The summed E-state index contributed by atoms with van der Waals surface area (Å²) in [5.74, 6) is -0.525. The summed E-state index contributed by atoms with van der Waals surface area (Å²) in [6.07, 6.45) is -3.15. The molecule has 29 heavy (non-hydrogen) atoms. The van der Waals surface area contributed by atoms with Gasteiger partial charge in [-0.2, -0.15) is 13.2 Å². The number of ether oxygens (including phenoxy) is 1. The van der Waals surface area contributed by atoms with Crippen LogP contribution in [0.4, 0.5) is 18.9 Å². The summed E-state index contributed by atoms with van der Waals surface area (Å²) in [5.41, 5.74) is 1.17. The first kappa shape index (κ1) is 21.9. The number of anilines is 1. The fourth-order valence-corrected chi connectivity index (χ4v) is 3.96. The molecule has 0 aliphatic carbocycles. The summed E-state index contributed by atoms with van der Waals surface area (Å²) in [7, 11) is 0. The molecule has 0 atom stereocenters. The number of benzene rings is 1. The minimum Gasteiger partial charge on any atom is -0.482 e. The fourth-order valence-electron chi connectivity index (χ4n) is 3.18. The number of amides is 1. The summed E-state index contributed by atoms with van der Waals surface area (Å²) in [6.45, 7) is 2.78. The van der Waals surface area contributed by atoms with Gasteiger partial charge >= 0.3 is 6.18 Å². The average molecular weight is 448 g/mol. The summed E-state index contributed by atoms with van der Waals surface area (Å²) < 4.78 is 42.2. The van der Waals surface area contributed by atoms with Crippen LogP contribution in [0, 0.1) is 12.8 Å². The summed E-state index contributed by atoms with van der Waals surface area (Å²) in [6, 6.07) is 4.13. The van der Waals surface area contributed by atoms with Gasteiger partial charge in [0.15, 0.2) is 6.61 Å². The minimum absolute atomic E-state index is 0.0589. The van der Waals surface area contributed by atoms with Gasteiger partial charge in [-0.05, 0) is 51.1 Å². The van der Waals surface area contributed by atoms with Crippen molar-refractivity contribution in [2.75, 3.05) is 25.0 Å². The monoisotopic (exact) mass is 447 g/mol. The van der Waals surface area contributed by atoms with E-state index in [0.29, 0.717) is 17.9 Å². The molecule has 0 radical (unpaired) electrons. The van der Waals surface area contributed by atoms with Crippen LogP contribution in [0.15, 0.2) is 23.6 Å². The molecule has 1 aliphatic heterocycles. The van der Waals surface area contributed by atoms with E-state index in [-0.39, 0.29) is 23.3 Å². The summed E-state index contributed by atoms with van der Waals surface area (Å²) in [4.78, 5) is 19.3. The van der Waals surface area contributed by atoms with E-state index in [0.717, 1.165) is 30.3 Å². The van der Waals surface area contributed by atoms with Crippen LogP contribution in [0.2, 0.25) is 5.02 Å². The number of carbonyl (C=O) groups is 1. The lowest BCUT2D eigenvalue weighted by Crippen LogP contribution is -2.37. The maximum atomic E-state index is 12.6. The highest BCUT2D eigenvalue weighted by Crippen LogP contribution is 2.31. The number of piperidine rings is 1. The lowest BCUT2D eigenvalue weighted by Gasteiger charge is -2.30. The molecule has 0 spiro atoms. The Morgan fingerprint density at radius 1 is 1.38 bits per heavy atom. The molecule has 1 amide bonds. The number of aromatic nitrogens is 1. The van der Waals surface area contributed by atoms with Crippen LogP contribution in [0.1, 0.15) is 23.5 Å². The largest absolute Gasteiger partial charge is 0.482 e. The lowest BCUT2D eigenvalue weighted by atomic mass is 9.95. The second kappa shape index (κ2) is 9.32. The molecule has 3 rings (SSSR count). The van der Waals surface area contributed by atoms with Crippen LogP contribution in [0.5, 0.6) is 5.75 Å². The van der Waals surface area contributed by atoms with Gasteiger partial charge in [0.05, 0.1) is 16.4 Å². The van der Waals surface area contributed by atoms with Gasteiger partial charge in [-0.3, -0.25) is 9.69 Å². The fraction of sp³-hybridized carbons (Fsp3) is 0.474. The van der Waals surface area contributed by atoms with Crippen LogP contribution >= 0.6 is 22.9 Å². The summed E-state index contributed by atoms with van der Waals surface area (Å²) in [5, 5.41) is 6.04. The number of aryl methyl sites for hydroxylation is 1. The van der Waals surface area contributed by atoms with Gasteiger partial charge in [0.2, 0.25) is 5.91 Å². The van der Waals surface area contributed by atoms with E-state index in [1.165, 1.54) is 18.2 Å². The third-order valence-corrected chi connectivity index (χ3v) is 5.66. The Morgan fingerprint density at radius 2 is 2.10 bits per heavy atom. The number of alkyl halides is 3. The summed E-state index contributed by atoms with van der Waals surface area (Å²) >= 11 is 7.55. The number of likely N-dealkylation sites (tertiary alicyclic amines) is 1. The first-order valence-corrected chi connectivity index (χ1v) is 10.4. The molecule has 5 nitrogen and oxygen atoms in total. The van der Waals surface area contributed by atoms with Crippen LogP contribution in [-0.4, -0.2) is 41.7 Å². The SMILES string of the molecule is Cc1nc(CN2CCC(C(=O)Nc3cc(Cl)ccc3OCC(F)(F)F)CC2)cs1. The van der Waals surface area contributed by atoms with Gasteiger partial charge in [-0.1, -0.05) is 11.6 Å². The van der Waals surface area contributed by atoms with E-state index in [1.807, 2.05) is 12.3 Å². The van der Waals surface area contributed by atoms with Gasteiger partial charge in [-0.25, -0.2) is 4.98 Å². The Bertz CT molecular complexity index is 851. The van der Waals surface area contributed by atoms with Gasteiger partial charge in [0, 0.05) is 22.9 Å². The number of rotatable bonds is 6. The van der Waals surface area contributed by atoms with Crippen LogP contribution < -0.4 is 10.1 Å². The molecule has 1 aromatic heterocycles. The van der Waals surface area contributed by atoms with Gasteiger partial charge in [0.1, 0.15) is 5.75 Å². The number of hydrogen-bond acceptors (Lipinski definition) is 5. The quantitative estimate of drug-likeness (QED) is 0.684. The van der Waals surface area contributed by atoms with Crippen LogP contribution in [0.25, 0.3) is 0 Å². The molecule has 1 N–H and O–H groups in total. The third kappa shape index (κ3) is 6.58. The molecular formula is C19H21ClF3N3O2S. The van der Waals surface area contributed by atoms with Crippen molar-refractivity contribution in [3.63, 3.8) is 0 Å². The highest BCUT2D eigenvalue weighted by atomic mass is 35.5. The first-order valence-electron chi connectivity index (χ1n) is 9.13. The van der Waals surface area contributed by atoms with Crippen molar-refractivity contribution < 1.29 is 22.7 Å². The average Bonchev–Trinajstić information content (AvgIpc) is 3.05. The molecule has 158 valence electrons. The van der Waals surface area contributed by atoms with Crippen LogP contribution in [0.3, 0.4) is 0 Å². The zero-order valence-electron chi connectivity index (χ0n) is 15.8. The van der Waals surface area contributed by atoms with Crippen molar-refractivity contribution in [3.8, 4) is 5.75 Å². The molecule has 10 heteroatoms. The number of carbonyl (C=O) groups excluding carboxylic acids is 1. The second-order valence-corrected chi connectivity index (χ2v) is 8.44. The number of hydrogen-bond donors (Lipinski definition) is 1. The van der Waals surface area contributed by atoms with Gasteiger partial charge in [0.25, 0.3) is 0 Å². The van der Waals surface area contributed by atoms with E-state index in [4.69, 9.17) is 16.3 Å². The van der Waals surface area contributed by atoms with Gasteiger partial charge in [-0.15, -0.1) is 11.3 Å². The molecule has 1 aromatic carbocycles. The Kier molecular flexibility index (Phi) is 7.02. The van der Waals surface area contributed by atoms with Crippen molar-refractivity contribution in [1.29, 1.82) is 0 Å². The molecule has 2 heterocycles. The Morgan fingerprint density at radius 3 is 2.72 bits per heavy atom. The van der Waals surface area contributed by atoms with Crippen molar-refractivity contribution in [3.05, 3.63) is 39.3 Å². The maximum absolute atomic E-state index is 12.6. The second-order valence-electron chi connectivity index (χ2n) is 6.94. The molecule has 1 saturated heterocycles. The van der Waals surface area contributed by atoms with E-state index in [1.54, 1.807) is 11.3 Å². The highest BCUT2D eigenvalue weighted by molar-refractivity contribution is 7.09. The lowest BCUT2D eigenvalue weighted by molar-refractivity contribution is -0.153. The zero-order valence-corrected chi connectivity index (χ0v) is 17.3. The van der Waals surface area contributed by atoms with Gasteiger partial charge < -0.3 is 10.1 Å². The van der Waals surface area contributed by atoms with E-state index in [2.05, 4.69) is 15.2 Å². The number of halogens is 4. The normalized spacial score (nSPS) is 16.0. The molecule has 2 aromatic rings. The smallest absolute Gasteiger partial charge is 0.422 e. The van der Waals surface area contributed by atoms with Crippen molar-refractivity contribution in [1.82, 2.24) is 9.88 Å². The van der Waals surface area contributed by atoms with Crippen molar-refractivity contribution in [2.24, 2.45) is 5.92 Å². The van der Waals surface area contributed by atoms with E-state index < -0.39 is 12.8 Å². The molecule has 1 fully saturated rings. The van der Waals surface area contributed by atoms with Crippen molar-refractivity contribution >= 4 is 34.5 Å². The standard InChI is InChI=1S/C19H21ClF3N3O2S/c1-12-24-15(10-29-12)9-26-6-4-13(5-7-26)18(27)25-16-8-14(20)2-3-17(16)28-11-19(21,22)23/h2-3,8,10,13H,4-7,9,11H2,1H3,(H,25,27). The molecule has 0 saturated carbocycles.